The van der Waals surface area contributed by atoms with Crippen LogP contribution in [0.15, 0.2) is 146 Å². The van der Waals surface area contributed by atoms with Gasteiger partial charge in [0.15, 0.2) is 12.4 Å². The van der Waals surface area contributed by atoms with Gasteiger partial charge in [0.2, 0.25) is 23.5 Å². The molecule has 0 aliphatic carbocycles. The Balaban J connectivity index is 1.22. The van der Waals surface area contributed by atoms with E-state index in [4.69, 9.17) is 0 Å². The topological polar surface area (TPSA) is 11.0 Å². The van der Waals surface area contributed by atoms with E-state index in [0.29, 0.717) is 0 Å². The average molecular weight is 542 g/mol. The van der Waals surface area contributed by atoms with E-state index in [1.807, 2.05) is 6.08 Å². The second-order valence-electron chi connectivity index (χ2n) is 11.2. The zero-order valence-electron chi connectivity index (χ0n) is 23.6. The number of benzene rings is 4. The summed E-state index contributed by atoms with van der Waals surface area (Å²) in [5, 5.41) is 0. The van der Waals surface area contributed by atoms with Crippen molar-refractivity contribution in [3.05, 3.63) is 163 Å². The van der Waals surface area contributed by atoms with Crippen molar-refractivity contribution in [3.8, 4) is 33.6 Å². The molecule has 42 heavy (non-hydrogen) atoms. The number of hydrogen-bond acceptors (Lipinski definition) is 1. The lowest BCUT2D eigenvalue weighted by atomic mass is 9.79. The first-order valence-corrected chi connectivity index (χ1v) is 14.5. The Morgan fingerprint density at radius 2 is 1.12 bits per heavy atom. The molecule has 200 valence electrons. The summed E-state index contributed by atoms with van der Waals surface area (Å²) in [7, 11) is 2.11. The van der Waals surface area contributed by atoms with Gasteiger partial charge < -0.3 is 4.90 Å². The normalized spacial score (nSPS) is 15.8. The monoisotopic (exact) mass is 541 g/mol. The van der Waals surface area contributed by atoms with Gasteiger partial charge in [-0.3, -0.25) is 0 Å². The van der Waals surface area contributed by atoms with Crippen molar-refractivity contribution in [2.24, 2.45) is 0 Å². The van der Waals surface area contributed by atoms with E-state index in [9.17, 15) is 0 Å². The smallest absolute Gasteiger partial charge is 0.250 e. The number of aromatic nitrogens is 2. The Morgan fingerprint density at radius 1 is 0.571 bits per heavy atom. The standard InChI is InChI=1S/C39H31N3/c1-3-27-14-19-30(20-15-27)40(2)31-21-16-28(17-22-31)29-18-23-34-35(26-29)37-13-7-9-25-42(37)38-33-11-5-4-10-32(33)36-12-6-8-24-41(36)39(34)38/h3-26,38-39H,1H2,2H3/q+2. The first kappa shape index (κ1) is 24.5. The quantitative estimate of drug-likeness (QED) is 0.205. The number of hydrogen-bond donors (Lipinski definition) is 0. The Labute approximate surface area is 246 Å². The number of anilines is 2. The molecule has 0 fully saturated rings. The second-order valence-corrected chi connectivity index (χ2v) is 11.2. The van der Waals surface area contributed by atoms with E-state index < -0.39 is 0 Å². The van der Waals surface area contributed by atoms with Crippen LogP contribution in [0, 0.1) is 0 Å². The van der Waals surface area contributed by atoms with Crippen LogP contribution in [0.1, 0.15) is 28.8 Å². The van der Waals surface area contributed by atoms with Gasteiger partial charge in [0, 0.05) is 53.8 Å². The lowest BCUT2D eigenvalue weighted by Gasteiger charge is -2.32. The van der Waals surface area contributed by atoms with Crippen LogP contribution in [0.25, 0.3) is 39.7 Å². The lowest BCUT2D eigenvalue weighted by Crippen LogP contribution is -2.59. The molecule has 0 spiro atoms. The molecule has 3 nitrogen and oxygen atoms in total. The Morgan fingerprint density at radius 3 is 1.79 bits per heavy atom. The highest BCUT2D eigenvalue weighted by Gasteiger charge is 2.51. The fourth-order valence-electron chi connectivity index (χ4n) is 6.86. The van der Waals surface area contributed by atoms with E-state index in [0.717, 1.165) is 16.9 Å². The largest absolute Gasteiger partial charge is 0.345 e. The van der Waals surface area contributed by atoms with Crippen LogP contribution < -0.4 is 14.0 Å². The highest BCUT2D eigenvalue weighted by Crippen LogP contribution is 2.46. The van der Waals surface area contributed by atoms with Gasteiger partial charge in [0.25, 0.3) is 0 Å². The van der Waals surface area contributed by atoms with E-state index in [2.05, 4.69) is 167 Å². The first-order chi connectivity index (χ1) is 20.7. The fraction of sp³-hybridized carbons (Fsp3) is 0.0769. The molecule has 2 unspecified atom stereocenters. The average Bonchev–Trinajstić information content (AvgIpc) is 3.07. The van der Waals surface area contributed by atoms with E-state index in [1.165, 1.54) is 44.8 Å². The van der Waals surface area contributed by atoms with Gasteiger partial charge in [0.05, 0.1) is 11.1 Å². The Hall–Kier alpha value is -5.28. The van der Waals surface area contributed by atoms with Crippen LogP contribution in [0.4, 0.5) is 11.4 Å². The van der Waals surface area contributed by atoms with Crippen LogP contribution in [0.2, 0.25) is 0 Å². The summed E-state index contributed by atoms with van der Waals surface area (Å²) in [5.74, 6) is 0. The molecule has 0 bridgehead atoms. The molecule has 2 aromatic heterocycles. The molecule has 0 saturated carbocycles. The Kier molecular flexibility index (Phi) is 5.65. The van der Waals surface area contributed by atoms with Crippen molar-refractivity contribution in [1.82, 2.24) is 0 Å². The molecular formula is C39H31N3+2. The molecule has 4 aromatic carbocycles. The lowest BCUT2D eigenvalue weighted by molar-refractivity contribution is -0.799. The molecule has 0 radical (unpaired) electrons. The van der Waals surface area contributed by atoms with Crippen molar-refractivity contribution in [2.45, 2.75) is 12.1 Å². The Bertz CT molecular complexity index is 1970. The number of nitrogens with zero attached hydrogens (tertiary/aromatic N) is 3. The second kappa shape index (κ2) is 9.67. The summed E-state index contributed by atoms with van der Waals surface area (Å²) in [6, 6.07) is 46.8. The molecule has 0 N–H and O–H groups in total. The summed E-state index contributed by atoms with van der Waals surface area (Å²) in [4.78, 5) is 2.21. The van der Waals surface area contributed by atoms with Crippen LogP contribution >= 0.6 is 0 Å². The number of fused-ring (bicyclic) bond motifs is 11. The predicted molar refractivity (Wildman–Crippen MR) is 170 cm³/mol. The third-order valence-corrected chi connectivity index (χ3v) is 8.99. The molecule has 0 saturated heterocycles. The summed E-state index contributed by atoms with van der Waals surface area (Å²) in [6.45, 7) is 3.86. The number of rotatable bonds is 4. The highest BCUT2D eigenvalue weighted by molar-refractivity contribution is 5.76. The zero-order valence-corrected chi connectivity index (χ0v) is 23.6. The summed E-state index contributed by atoms with van der Waals surface area (Å²) in [5.41, 5.74) is 13.7. The van der Waals surface area contributed by atoms with Gasteiger partial charge in [0.1, 0.15) is 0 Å². The molecule has 0 amide bonds. The van der Waals surface area contributed by atoms with E-state index >= 15 is 0 Å². The molecule has 2 aliphatic rings. The molecule has 3 heteroatoms. The maximum Gasteiger partial charge on any atom is 0.250 e. The van der Waals surface area contributed by atoms with Crippen molar-refractivity contribution in [2.75, 3.05) is 11.9 Å². The van der Waals surface area contributed by atoms with Crippen LogP contribution in [-0.2, 0) is 0 Å². The fourth-order valence-corrected chi connectivity index (χ4v) is 6.86. The molecule has 2 aliphatic heterocycles. The van der Waals surface area contributed by atoms with Crippen molar-refractivity contribution in [1.29, 1.82) is 0 Å². The van der Waals surface area contributed by atoms with Gasteiger partial charge in [-0.15, -0.1) is 0 Å². The minimum Gasteiger partial charge on any atom is -0.345 e. The van der Waals surface area contributed by atoms with Crippen LogP contribution in [0.3, 0.4) is 0 Å². The summed E-state index contributed by atoms with van der Waals surface area (Å²) < 4.78 is 4.95. The number of pyridine rings is 2. The first-order valence-electron chi connectivity index (χ1n) is 14.5. The van der Waals surface area contributed by atoms with Crippen molar-refractivity contribution < 1.29 is 9.13 Å². The van der Waals surface area contributed by atoms with Gasteiger partial charge >= 0.3 is 0 Å². The van der Waals surface area contributed by atoms with Gasteiger partial charge in [-0.1, -0.05) is 67.3 Å². The third kappa shape index (κ3) is 3.74. The van der Waals surface area contributed by atoms with Crippen molar-refractivity contribution >= 4 is 17.5 Å². The van der Waals surface area contributed by atoms with Gasteiger partial charge in [-0.2, -0.15) is 9.13 Å². The molecule has 8 rings (SSSR count). The third-order valence-electron chi connectivity index (χ3n) is 8.99. The van der Waals surface area contributed by atoms with E-state index in [-0.39, 0.29) is 12.1 Å². The SMILES string of the molecule is C=Cc1ccc(N(C)c2ccc(-c3ccc4c(c3)-c3cccc[n+]3C3c5ccccc5-c5cccc[n+]5C43)cc2)cc1. The summed E-state index contributed by atoms with van der Waals surface area (Å²) >= 11 is 0. The minimum absolute atomic E-state index is 0.170. The van der Waals surface area contributed by atoms with Crippen molar-refractivity contribution in [3.63, 3.8) is 0 Å². The minimum atomic E-state index is 0.170. The summed E-state index contributed by atoms with van der Waals surface area (Å²) in [6.07, 6.45) is 6.37. The highest BCUT2D eigenvalue weighted by atomic mass is 15.1. The van der Waals surface area contributed by atoms with Gasteiger partial charge in [-0.25, -0.2) is 0 Å². The maximum atomic E-state index is 3.86. The zero-order chi connectivity index (χ0) is 28.2. The predicted octanol–water partition coefficient (Wildman–Crippen LogP) is 8.18. The van der Waals surface area contributed by atoms with E-state index in [1.54, 1.807) is 0 Å². The molecule has 2 atom stereocenters. The van der Waals surface area contributed by atoms with Crippen LogP contribution in [-0.4, -0.2) is 7.05 Å². The van der Waals surface area contributed by atoms with Gasteiger partial charge in [-0.05, 0) is 65.2 Å². The molecule has 6 aromatic rings. The molecule has 4 heterocycles. The molecular weight excluding hydrogens is 510 g/mol. The van der Waals surface area contributed by atoms with Crippen LogP contribution in [0.5, 0.6) is 0 Å². The maximum absolute atomic E-state index is 3.86.